The topological polar surface area (TPSA) is 36.3 Å². The average molecular weight is 260 g/mol. The lowest BCUT2D eigenvalue weighted by atomic mass is 10.3. The van der Waals surface area contributed by atoms with E-state index in [2.05, 4.69) is 16.7 Å². The largest absolute Gasteiger partial charge is 0.346 e. The van der Waals surface area contributed by atoms with E-state index in [0.29, 0.717) is 19.3 Å². The zero-order valence-corrected chi connectivity index (χ0v) is 11.5. The molecule has 1 aromatic carbocycles. The summed E-state index contributed by atoms with van der Waals surface area (Å²) in [5.74, 6) is 0.910. The lowest BCUT2D eigenvalue weighted by molar-refractivity contribution is -0.146. The van der Waals surface area contributed by atoms with Gasteiger partial charge in [-0.2, -0.15) is 0 Å². The second-order valence-corrected chi connectivity index (χ2v) is 4.80. The van der Waals surface area contributed by atoms with Crippen molar-refractivity contribution in [2.75, 3.05) is 13.2 Å². The van der Waals surface area contributed by atoms with E-state index in [-0.39, 0.29) is 6.29 Å². The van der Waals surface area contributed by atoms with Gasteiger partial charge in [0.1, 0.15) is 0 Å². The number of aromatic nitrogens is 2. The monoisotopic (exact) mass is 260 g/mol. The Morgan fingerprint density at radius 1 is 1.21 bits per heavy atom. The van der Waals surface area contributed by atoms with Gasteiger partial charge >= 0.3 is 0 Å². The zero-order valence-electron chi connectivity index (χ0n) is 11.5. The van der Waals surface area contributed by atoms with E-state index in [1.807, 2.05) is 26.0 Å². The van der Waals surface area contributed by atoms with Crippen LogP contribution in [0, 0.1) is 0 Å². The summed E-state index contributed by atoms with van der Waals surface area (Å²) >= 11 is 0. The molecular weight excluding hydrogens is 240 g/mol. The van der Waals surface area contributed by atoms with Gasteiger partial charge in [0, 0.05) is 19.3 Å². The van der Waals surface area contributed by atoms with Gasteiger partial charge in [-0.05, 0) is 38.8 Å². The van der Waals surface area contributed by atoms with Crippen molar-refractivity contribution in [2.24, 2.45) is 0 Å². The molecule has 0 spiro atoms. The number of hydrogen-bond acceptors (Lipinski definition) is 3. The first kappa shape index (κ1) is 12.6. The average Bonchev–Trinajstić information content (AvgIpc) is 3.18. The molecule has 0 N–H and O–H groups in total. The van der Waals surface area contributed by atoms with Gasteiger partial charge in [-0.3, -0.25) is 0 Å². The van der Waals surface area contributed by atoms with Crippen molar-refractivity contribution >= 4 is 11.0 Å². The Kier molecular flexibility index (Phi) is 3.53. The Balaban J connectivity index is 2.07. The van der Waals surface area contributed by atoms with Crippen LogP contribution in [-0.2, 0) is 9.47 Å². The number of fused-ring (bicyclic) bond motifs is 1. The molecule has 1 saturated carbocycles. The minimum absolute atomic E-state index is 0.358. The maximum absolute atomic E-state index is 5.71. The lowest BCUT2D eigenvalue weighted by Crippen LogP contribution is -2.15. The van der Waals surface area contributed by atoms with Crippen LogP contribution in [0.15, 0.2) is 24.3 Å². The molecule has 0 unspecified atom stereocenters. The van der Waals surface area contributed by atoms with E-state index in [0.717, 1.165) is 11.3 Å². The van der Waals surface area contributed by atoms with Gasteiger partial charge in [0.25, 0.3) is 0 Å². The number of hydrogen-bond donors (Lipinski definition) is 0. The molecule has 2 aromatic rings. The molecule has 0 atom stereocenters. The molecule has 0 amide bonds. The van der Waals surface area contributed by atoms with E-state index < -0.39 is 0 Å². The van der Waals surface area contributed by atoms with Crippen molar-refractivity contribution in [3.63, 3.8) is 0 Å². The van der Waals surface area contributed by atoms with Gasteiger partial charge in [-0.25, -0.2) is 4.98 Å². The number of benzene rings is 1. The number of rotatable bonds is 6. The zero-order chi connectivity index (χ0) is 13.2. The molecule has 4 nitrogen and oxygen atoms in total. The molecule has 19 heavy (non-hydrogen) atoms. The van der Waals surface area contributed by atoms with Crippen LogP contribution in [0.4, 0.5) is 0 Å². The molecule has 0 aliphatic heterocycles. The van der Waals surface area contributed by atoms with Gasteiger partial charge in [0.2, 0.25) is 6.29 Å². The van der Waals surface area contributed by atoms with Crippen molar-refractivity contribution in [2.45, 2.75) is 39.0 Å². The van der Waals surface area contributed by atoms with Crippen molar-refractivity contribution in [1.29, 1.82) is 0 Å². The minimum atomic E-state index is -0.358. The summed E-state index contributed by atoms with van der Waals surface area (Å²) in [6.45, 7) is 5.21. The summed E-state index contributed by atoms with van der Waals surface area (Å²) in [7, 11) is 0. The number of imidazole rings is 1. The summed E-state index contributed by atoms with van der Waals surface area (Å²) < 4.78 is 13.7. The highest BCUT2D eigenvalue weighted by molar-refractivity contribution is 5.76. The van der Waals surface area contributed by atoms with E-state index >= 15 is 0 Å². The smallest absolute Gasteiger partial charge is 0.217 e. The standard InChI is InChI=1S/C15H20N2O2/c1-3-18-15(19-4-2)14-16-12-7-5-6-8-13(12)17(14)11-9-10-11/h5-8,11,15H,3-4,9-10H2,1-2H3. The second kappa shape index (κ2) is 5.31. The Hall–Kier alpha value is -1.39. The Morgan fingerprint density at radius 3 is 2.53 bits per heavy atom. The fraction of sp³-hybridized carbons (Fsp3) is 0.533. The van der Waals surface area contributed by atoms with Gasteiger partial charge in [-0.1, -0.05) is 12.1 Å². The van der Waals surface area contributed by atoms with Crippen LogP contribution in [0.2, 0.25) is 0 Å². The molecule has 1 heterocycles. The third kappa shape index (κ3) is 2.38. The van der Waals surface area contributed by atoms with Crippen molar-refractivity contribution in [3.05, 3.63) is 30.1 Å². The van der Waals surface area contributed by atoms with E-state index in [9.17, 15) is 0 Å². The number of nitrogens with zero attached hydrogens (tertiary/aromatic N) is 2. The van der Waals surface area contributed by atoms with Gasteiger partial charge in [0.15, 0.2) is 5.82 Å². The van der Waals surface area contributed by atoms with Gasteiger partial charge in [0.05, 0.1) is 11.0 Å². The summed E-state index contributed by atoms with van der Waals surface area (Å²) in [5.41, 5.74) is 2.21. The van der Waals surface area contributed by atoms with Crippen LogP contribution in [0.3, 0.4) is 0 Å². The summed E-state index contributed by atoms with van der Waals surface area (Å²) in [6, 6.07) is 8.81. The predicted octanol–water partition coefficient (Wildman–Crippen LogP) is 3.44. The maximum atomic E-state index is 5.71. The normalized spacial score (nSPS) is 15.5. The molecule has 1 aliphatic carbocycles. The second-order valence-electron chi connectivity index (χ2n) is 4.80. The first-order chi connectivity index (χ1) is 9.35. The van der Waals surface area contributed by atoms with Crippen LogP contribution < -0.4 is 0 Å². The van der Waals surface area contributed by atoms with E-state index in [1.54, 1.807) is 0 Å². The quantitative estimate of drug-likeness (QED) is 0.746. The lowest BCUT2D eigenvalue weighted by Gasteiger charge is -2.18. The third-order valence-electron chi connectivity index (χ3n) is 3.38. The summed E-state index contributed by atoms with van der Waals surface area (Å²) in [5, 5.41) is 0. The van der Waals surface area contributed by atoms with Crippen LogP contribution >= 0.6 is 0 Å². The molecule has 0 bridgehead atoms. The minimum Gasteiger partial charge on any atom is -0.346 e. The van der Waals surface area contributed by atoms with Crippen molar-refractivity contribution in [1.82, 2.24) is 9.55 Å². The highest BCUT2D eigenvalue weighted by Gasteiger charge is 2.31. The first-order valence-electron chi connectivity index (χ1n) is 7.05. The van der Waals surface area contributed by atoms with E-state index in [1.165, 1.54) is 18.4 Å². The van der Waals surface area contributed by atoms with Crippen LogP contribution in [-0.4, -0.2) is 22.8 Å². The molecule has 102 valence electrons. The van der Waals surface area contributed by atoms with Crippen molar-refractivity contribution in [3.8, 4) is 0 Å². The maximum Gasteiger partial charge on any atom is 0.217 e. The Morgan fingerprint density at radius 2 is 1.89 bits per heavy atom. The van der Waals surface area contributed by atoms with Crippen LogP contribution in [0.5, 0.6) is 0 Å². The molecule has 4 heteroatoms. The molecule has 1 fully saturated rings. The Labute approximate surface area is 113 Å². The van der Waals surface area contributed by atoms with Crippen LogP contribution in [0.25, 0.3) is 11.0 Å². The molecule has 3 rings (SSSR count). The van der Waals surface area contributed by atoms with Crippen molar-refractivity contribution < 1.29 is 9.47 Å². The van der Waals surface area contributed by atoms with E-state index in [4.69, 9.17) is 14.5 Å². The molecule has 0 saturated heterocycles. The highest BCUT2D eigenvalue weighted by atomic mass is 16.7. The fourth-order valence-electron chi connectivity index (χ4n) is 2.45. The van der Waals surface area contributed by atoms with Gasteiger partial charge < -0.3 is 14.0 Å². The molecule has 1 aliphatic rings. The SMILES string of the molecule is CCOC(OCC)c1nc2ccccc2n1C1CC1. The molecule has 1 aromatic heterocycles. The number of ether oxygens (including phenoxy) is 2. The predicted molar refractivity (Wildman–Crippen MR) is 74.0 cm³/mol. The highest BCUT2D eigenvalue weighted by Crippen LogP contribution is 2.40. The summed E-state index contributed by atoms with van der Waals surface area (Å²) in [6.07, 6.45) is 2.08. The number of para-hydroxylation sites is 2. The van der Waals surface area contributed by atoms with Gasteiger partial charge in [-0.15, -0.1) is 0 Å². The molecular formula is C15H20N2O2. The van der Waals surface area contributed by atoms with Crippen LogP contribution in [0.1, 0.15) is 44.8 Å². The Bertz CT molecular complexity index is 554. The third-order valence-corrected chi connectivity index (χ3v) is 3.38. The first-order valence-corrected chi connectivity index (χ1v) is 7.05. The summed E-state index contributed by atoms with van der Waals surface area (Å²) in [4.78, 5) is 4.72. The fourth-order valence-corrected chi connectivity index (χ4v) is 2.45. The molecule has 0 radical (unpaired) electrons.